The summed E-state index contributed by atoms with van der Waals surface area (Å²) < 4.78 is 7.01. The number of pyridine rings is 1. The Kier molecular flexibility index (Phi) is 3.33. The summed E-state index contributed by atoms with van der Waals surface area (Å²) in [4.78, 5) is 12.5. The Labute approximate surface area is 116 Å². The summed E-state index contributed by atoms with van der Waals surface area (Å²) >= 11 is 0. The van der Waals surface area contributed by atoms with E-state index in [0.29, 0.717) is 11.8 Å². The molecule has 2 heterocycles. The first-order valence-corrected chi connectivity index (χ1v) is 6.66. The summed E-state index contributed by atoms with van der Waals surface area (Å²) in [7, 11) is 0. The van der Waals surface area contributed by atoms with E-state index in [1.165, 1.54) is 4.57 Å². The number of rotatable bonds is 2. The average molecular weight is 275 g/mol. The lowest BCUT2D eigenvalue weighted by Gasteiger charge is -2.15. The van der Waals surface area contributed by atoms with Gasteiger partial charge in [-0.15, -0.1) is 0 Å². The average Bonchev–Trinajstić information content (AvgIpc) is 2.80. The molecule has 1 fully saturated rings. The zero-order valence-electron chi connectivity index (χ0n) is 11.2. The molecule has 20 heavy (non-hydrogen) atoms. The van der Waals surface area contributed by atoms with Crippen LogP contribution < -0.4 is 5.56 Å². The molecule has 0 radical (unpaired) electrons. The molecule has 1 saturated heterocycles. The smallest absolute Gasteiger partial charge is 0.260 e. The Morgan fingerprint density at radius 2 is 2.20 bits per heavy atom. The lowest BCUT2D eigenvalue weighted by molar-refractivity contribution is -0.0453. The van der Waals surface area contributed by atoms with Gasteiger partial charge in [0, 0.05) is 18.0 Å². The first-order chi connectivity index (χ1) is 9.60. The number of hydrogen-bond acceptors (Lipinski definition) is 4. The highest BCUT2D eigenvalue weighted by Gasteiger charge is 2.34. The number of fused-ring (bicyclic) bond motifs is 1. The molecule has 1 aliphatic rings. The quantitative estimate of drug-likeness (QED) is 0.856. The van der Waals surface area contributed by atoms with Gasteiger partial charge in [0.05, 0.1) is 12.7 Å². The van der Waals surface area contributed by atoms with Crippen LogP contribution in [0.4, 0.5) is 0 Å². The summed E-state index contributed by atoms with van der Waals surface area (Å²) in [6.45, 7) is 1.73. The SMILES string of the molecule is Cc1ccc2c(=O)n([C@H]3C[C@@H](O)[C@@H](CO)O3)ccc2c1. The van der Waals surface area contributed by atoms with Crippen molar-refractivity contribution in [3.05, 3.63) is 46.4 Å². The minimum absolute atomic E-state index is 0.140. The van der Waals surface area contributed by atoms with Crippen LogP contribution in [0.3, 0.4) is 0 Å². The van der Waals surface area contributed by atoms with Crippen molar-refractivity contribution in [2.75, 3.05) is 6.61 Å². The van der Waals surface area contributed by atoms with Crippen LogP contribution in [0, 0.1) is 6.92 Å². The van der Waals surface area contributed by atoms with E-state index in [-0.39, 0.29) is 12.2 Å². The molecule has 1 aromatic heterocycles. The van der Waals surface area contributed by atoms with Gasteiger partial charge < -0.3 is 14.9 Å². The monoisotopic (exact) mass is 275 g/mol. The zero-order valence-corrected chi connectivity index (χ0v) is 11.2. The number of aromatic nitrogens is 1. The fourth-order valence-corrected chi connectivity index (χ4v) is 2.66. The number of aliphatic hydroxyl groups excluding tert-OH is 2. The molecule has 5 nitrogen and oxygen atoms in total. The van der Waals surface area contributed by atoms with E-state index < -0.39 is 18.4 Å². The normalized spacial score (nSPS) is 26.2. The molecule has 106 valence electrons. The Bertz CT molecular complexity index is 694. The third-order valence-electron chi connectivity index (χ3n) is 3.78. The van der Waals surface area contributed by atoms with Gasteiger partial charge in [-0.2, -0.15) is 0 Å². The van der Waals surface area contributed by atoms with Crippen LogP contribution in [-0.4, -0.2) is 33.6 Å². The maximum absolute atomic E-state index is 12.5. The molecule has 0 unspecified atom stereocenters. The first-order valence-electron chi connectivity index (χ1n) is 6.66. The highest BCUT2D eigenvalue weighted by Crippen LogP contribution is 2.28. The Morgan fingerprint density at radius 3 is 2.90 bits per heavy atom. The number of ether oxygens (including phenoxy) is 1. The number of aryl methyl sites for hydroxylation is 1. The minimum Gasteiger partial charge on any atom is -0.394 e. The molecule has 5 heteroatoms. The van der Waals surface area contributed by atoms with Crippen molar-refractivity contribution >= 4 is 10.8 Å². The third kappa shape index (κ3) is 2.14. The topological polar surface area (TPSA) is 71.7 Å². The molecule has 0 amide bonds. The summed E-state index contributed by atoms with van der Waals surface area (Å²) in [6, 6.07) is 7.53. The summed E-state index contributed by atoms with van der Waals surface area (Å²) in [5.41, 5.74) is 0.959. The first kappa shape index (κ1) is 13.3. The molecule has 0 bridgehead atoms. The third-order valence-corrected chi connectivity index (χ3v) is 3.78. The number of benzene rings is 1. The number of hydrogen-bond donors (Lipinski definition) is 2. The lowest BCUT2D eigenvalue weighted by Crippen LogP contribution is -2.26. The Hall–Kier alpha value is -1.69. The van der Waals surface area contributed by atoms with Crippen LogP contribution in [0.25, 0.3) is 10.8 Å². The zero-order chi connectivity index (χ0) is 14.3. The Balaban J connectivity index is 2.03. The second-order valence-electron chi connectivity index (χ2n) is 5.23. The predicted octanol–water partition coefficient (Wildman–Crippen LogP) is 0.951. The standard InChI is InChI=1S/C15H17NO4/c1-9-2-3-11-10(6-9)4-5-16(15(11)19)14-7-12(18)13(8-17)20-14/h2-6,12-14,17-18H,7-8H2,1H3/t12-,13-,14-/m1/s1. The van der Waals surface area contributed by atoms with Crippen molar-refractivity contribution in [3.8, 4) is 0 Å². The van der Waals surface area contributed by atoms with Gasteiger partial charge in [-0.1, -0.05) is 17.7 Å². The number of nitrogens with zero attached hydrogens (tertiary/aromatic N) is 1. The molecule has 1 aliphatic heterocycles. The van der Waals surface area contributed by atoms with E-state index in [1.54, 1.807) is 12.3 Å². The largest absolute Gasteiger partial charge is 0.394 e. The molecular formula is C15H17NO4. The van der Waals surface area contributed by atoms with Crippen molar-refractivity contribution in [3.63, 3.8) is 0 Å². The molecule has 2 N–H and O–H groups in total. The van der Waals surface area contributed by atoms with Gasteiger partial charge in [0.25, 0.3) is 5.56 Å². The van der Waals surface area contributed by atoms with Crippen LogP contribution in [0.1, 0.15) is 18.2 Å². The molecular weight excluding hydrogens is 258 g/mol. The van der Waals surface area contributed by atoms with Gasteiger partial charge in [0.15, 0.2) is 0 Å². The van der Waals surface area contributed by atoms with Crippen LogP contribution in [0.15, 0.2) is 35.3 Å². The van der Waals surface area contributed by atoms with Crippen LogP contribution in [0.2, 0.25) is 0 Å². The molecule has 0 saturated carbocycles. The fourth-order valence-electron chi connectivity index (χ4n) is 2.66. The van der Waals surface area contributed by atoms with Crippen molar-refractivity contribution in [2.24, 2.45) is 0 Å². The second-order valence-corrected chi connectivity index (χ2v) is 5.23. The van der Waals surface area contributed by atoms with Gasteiger partial charge in [-0.3, -0.25) is 9.36 Å². The highest BCUT2D eigenvalue weighted by molar-refractivity contribution is 5.82. The van der Waals surface area contributed by atoms with Gasteiger partial charge in [-0.05, 0) is 24.4 Å². The van der Waals surface area contributed by atoms with Crippen molar-refractivity contribution in [2.45, 2.75) is 31.8 Å². The Morgan fingerprint density at radius 1 is 1.40 bits per heavy atom. The lowest BCUT2D eigenvalue weighted by atomic mass is 10.1. The van der Waals surface area contributed by atoms with Crippen molar-refractivity contribution in [1.82, 2.24) is 4.57 Å². The van der Waals surface area contributed by atoms with E-state index >= 15 is 0 Å². The van der Waals surface area contributed by atoms with Crippen LogP contribution in [-0.2, 0) is 4.74 Å². The van der Waals surface area contributed by atoms with Gasteiger partial charge in [-0.25, -0.2) is 0 Å². The molecule has 2 aromatic rings. The molecule has 0 aliphatic carbocycles. The van der Waals surface area contributed by atoms with Crippen molar-refractivity contribution in [1.29, 1.82) is 0 Å². The number of aliphatic hydroxyl groups is 2. The molecule has 3 atom stereocenters. The predicted molar refractivity (Wildman–Crippen MR) is 74.6 cm³/mol. The maximum Gasteiger partial charge on any atom is 0.260 e. The highest BCUT2D eigenvalue weighted by atomic mass is 16.5. The van der Waals surface area contributed by atoms with Gasteiger partial charge in [0.1, 0.15) is 12.3 Å². The van der Waals surface area contributed by atoms with Crippen LogP contribution in [0.5, 0.6) is 0 Å². The van der Waals surface area contributed by atoms with E-state index in [0.717, 1.165) is 10.9 Å². The molecule has 0 spiro atoms. The van der Waals surface area contributed by atoms with E-state index in [4.69, 9.17) is 9.84 Å². The van der Waals surface area contributed by atoms with E-state index in [1.807, 2.05) is 25.1 Å². The molecule has 1 aromatic carbocycles. The fraction of sp³-hybridized carbons (Fsp3) is 0.400. The van der Waals surface area contributed by atoms with E-state index in [9.17, 15) is 9.90 Å². The molecule has 3 rings (SSSR count). The summed E-state index contributed by atoms with van der Waals surface area (Å²) in [5.74, 6) is 0. The van der Waals surface area contributed by atoms with Crippen LogP contribution >= 0.6 is 0 Å². The van der Waals surface area contributed by atoms with Gasteiger partial charge >= 0.3 is 0 Å². The van der Waals surface area contributed by atoms with Gasteiger partial charge in [0.2, 0.25) is 0 Å². The minimum atomic E-state index is -0.745. The second kappa shape index (κ2) is 5.01. The maximum atomic E-state index is 12.5. The summed E-state index contributed by atoms with van der Waals surface area (Å²) in [5, 5.41) is 20.4. The van der Waals surface area contributed by atoms with E-state index in [2.05, 4.69) is 0 Å². The summed E-state index contributed by atoms with van der Waals surface area (Å²) in [6.07, 6.45) is 0.0931. The van der Waals surface area contributed by atoms with Crippen molar-refractivity contribution < 1.29 is 14.9 Å².